The van der Waals surface area contributed by atoms with Crippen LogP contribution in [0.4, 0.5) is 5.69 Å². The van der Waals surface area contributed by atoms with E-state index in [1.54, 1.807) is 19.1 Å². The summed E-state index contributed by atoms with van der Waals surface area (Å²) in [5, 5.41) is 106. The lowest BCUT2D eigenvalue weighted by Crippen LogP contribution is -2.64. The Balaban J connectivity index is 1.22. The molecule has 7 rings (SSSR count). The Labute approximate surface area is 504 Å². The lowest BCUT2D eigenvalue weighted by Gasteiger charge is -2.34. The number of ether oxygens (including phenoxy) is 2. The predicted octanol–water partition coefficient (Wildman–Crippen LogP) is 0.549. The van der Waals surface area contributed by atoms with Crippen molar-refractivity contribution < 1.29 is 83.9 Å². The summed E-state index contributed by atoms with van der Waals surface area (Å²) in [7, 11) is 1.45. The number of phenols is 1. The van der Waals surface area contributed by atoms with Gasteiger partial charge in [-0.1, -0.05) is 88.2 Å². The molecule has 0 bridgehead atoms. The number of fused-ring (bicyclic) bond motifs is 2. The molecule has 3 aliphatic heterocycles. The Kier molecular flexibility index (Phi) is 23.2. The van der Waals surface area contributed by atoms with E-state index < -0.39 is 152 Å². The van der Waals surface area contributed by atoms with E-state index in [0.29, 0.717) is 13.0 Å². The van der Waals surface area contributed by atoms with Crippen molar-refractivity contribution in [1.29, 1.82) is 0 Å². The van der Waals surface area contributed by atoms with E-state index in [-0.39, 0.29) is 35.7 Å². The van der Waals surface area contributed by atoms with Crippen molar-refractivity contribution in [3.63, 3.8) is 0 Å². The second kappa shape index (κ2) is 30.2. The predicted molar refractivity (Wildman–Crippen MR) is 317 cm³/mol. The minimum Gasteiger partial charge on any atom is -0.506 e. The molecule has 15 atom stereocenters. The van der Waals surface area contributed by atoms with Gasteiger partial charge < -0.3 is 92.0 Å². The summed E-state index contributed by atoms with van der Waals surface area (Å²) in [6.07, 6.45) is -12.3. The number of hydrogen-bond donors (Lipinski definition) is 14. The summed E-state index contributed by atoms with van der Waals surface area (Å²) in [6, 6.07) is 14.1. The molecule has 0 radical (unpaired) electrons. The van der Waals surface area contributed by atoms with E-state index in [1.165, 1.54) is 44.3 Å². The maximum atomic E-state index is 14.7. The summed E-state index contributed by atoms with van der Waals surface area (Å²) in [5.74, 6) is -8.28. The van der Waals surface area contributed by atoms with Gasteiger partial charge in [0.15, 0.2) is 6.23 Å². The molecule has 0 spiro atoms. The number of aliphatic hydroxyl groups is 7. The van der Waals surface area contributed by atoms with Gasteiger partial charge >= 0.3 is 0 Å². The number of amides is 7. The normalized spacial score (nSPS) is 26.6. The fourth-order valence-corrected chi connectivity index (χ4v) is 10.9. The highest BCUT2D eigenvalue weighted by Crippen LogP contribution is 2.32. The van der Waals surface area contributed by atoms with Gasteiger partial charge in [0.1, 0.15) is 66.1 Å². The van der Waals surface area contributed by atoms with Crippen molar-refractivity contribution in [2.45, 2.75) is 158 Å². The summed E-state index contributed by atoms with van der Waals surface area (Å²) >= 11 is 0. The number of nitrogens with zero attached hydrogens (tertiary/aromatic N) is 2. The first-order valence-corrected chi connectivity index (χ1v) is 29.4. The number of benzene rings is 4. The summed E-state index contributed by atoms with van der Waals surface area (Å²) in [6.45, 7) is 7.25. The monoisotopic (exact) mass is 1210 g/mol. The molecule has 472 valence electrons. The van der Waals surface area contributed by atoms with E-state index >= 15 is 0 Å². The lowest BCUT2D eigenvalue weighted by molar-refractivity contribution is -0.149. The van der Waals surface area contributed by atoms with Crippen molar-refractivity contribution >= 4 is 47.0 Å². The number of aliphatic hydroxyl groups excluding tert-OH is 7. The molecular formula is C62H82N8O17. The van der Waals surface area contributed by atoms with Gasteiger partial charge in [0.05, 0.1) is 36.7 Å². The third kappa shape index (κ3) is 16.3. The molecule has 0 aliphatic carbocycles. The molecule has 3 heterocycles. The average Bonchev–Trinajstić information content (AvgIpc) is 1.99. The van der Waals surface area contributed by atoms with Crippen molar-refractivity contribution in [2.75, 3.05) is 38.7 Å². The van der Waals surface area contributed by atoms with E-state index in [0.717, 1.165) is 70.9 Å². The van der Waals surface area contributed by atoms with Crippen LogP contribution in [0.25, 0.3) is 22.3 Å². The second-order valence-electron chi connectivity index (χ2n) is 22.6. The molecule has 87 heavy (non-hydrogen) atoms. The van der Waals surface area contributed by atoms with Crippen LogP contribution >= 0.6 is 0 Å². The summed E-state index contributed by atoms with van der Waals surface area (Å²) < 4.78 is 11.8. The van der Waals surface area contributed by atoms with Gasteiger partial charge in [0.2, 0.25) is 35.4 Å². The molecular weight excluding hydrogens is 1130 g/mol. The Hall–Kier alpha value is -7.75. The Morgan fingerprint density at radius 3 is 1.79 bits per heavy atom. The van der Waals surface area contributed by atoms with Gasteiger partial charge in [-0.05, 0) is 90.9 Å². The molecule has 3 aliphatic rings. The minimum atomic E-state index is -2.31. The van der Waals surface area contributed by atoms with Crippen LogP contribution in [0, 0.1) is 5.92 Å². The highest BCUT2D eigenvalue weighted by atomic mass is 16.5. The maximum Gasteiger partial charge on any atom is 0.251 e. The van der Waals surface area contributed by atoms with Crippen LogP contribution in [0.3, 0.4) is 0 Å². The fraction of sp³-hybridized carbons (Fsp3) is 0.500. The molecule has 25 nitrogen and oxygen atoms in total. The molecule has 3 fully saturated rings. The number of phenolic OH excluding ortho intramolecular Hbond substituents is 1. The van der Waals surface area contributed by atoms with E-state index in [4.69, 9.17) is 9.47 Å². The zero-order chi connectivity index (χ0) is 63.4. The molecule has 3 saturated heterocycles. The van der Waals surface area contributed by atoms with Crippen molar-refractivity contribution in [3.8, 4) is 33.8 Å². The van der Waals surface area contributed by atoms with Crippen LogP contribution < -0.4 is 36.6 Å². The first kappa shape index (κ1) is 66.8. The first-order chi connectivity index (χ1) is 41.5. The van der Waals surface area contributed by atoms with Crippen molar-refractivity contribution in [1.82, 2.24) is 36.4 Å². The Morgan fingerprint density at radius 1 is 0.655 bits per heavy atom. The van der Waals surface area contributed by atoms with E-state index in [2.05, 4.69) is 38.8 Å². The van der Waals surface area contributed by atoms with Gasteiger partial charge in [0, 0.05) is 51.1 Å². The van der Waals surface area contributed by atoms with Crippen molar-refractivity contribution in [3.05, 3.63) is 102 Å². The minimum absolute atomic E-state index is 0.0477. The number of unbranched alkanes of at least 4 members (excludes halogenated alkanes) is 2. The number of hydrogen-bond acceptors (Lipinski definition) is 18. The van der Waals surface area contributed by atoms with Crippen LogP contribution in [-0.4, -0.2) is 204 Å². The fourth-order valence-electron chi connectivity index (χ4n) is 10.9. The molecule has 14 N–H and O–H groups in total. The quantitative estimate of drug-likeness (QED) is 0.0478. The third-order valence-electron chi connectivity index (χ3n) is 15.9. The van der Waals surface area contributed by atoms with E-state index in [9.17, 15) is 74.4 Å². The van der Waals surface area contributed by atoms with Crippen molar-refractivity contribution in [2.24, 2.45) is 5.92 Å². The molecule has 4 aromatic rings. The third-order valence-corrected chi connectivity index (χ3v) is 15.9. The number of carbonyl (C=O) groups is 7. The van der Waals surface area contributed by atoms with E-state index in [1.807, 2.05) is 48.5 Å². The number of aromatic hydroxyl groups is 1. The summed E-state index contributed by atoms with van der Waals surface area (Å²) in [5.41, 5.74) is 3.54. The van der Waals surface area contributed by atoms with Gasteiger partial charge in [0.25, 0.3) is 5.91 Å². The smallest absolute Gasteiger partial charge is 0.251 e. The summed E-state index contributed by atoms with van der Waals surface area (Å²) in [4.78, 5) is 104. The topological polar surface area (TPSA) is 378 Å². The average molecular weight is 1210 g/mol. The van der Waals surface area contributed by atoms with Crippen LogP contribution in [0.1, 0.15) is 95.2 Å². The zero-order valence-electron chi connectivity index (χ0n) is 49.5. The molecule has 0 aromatic heterocycles. The molecule has 0 unspecified atom stereocenters. The highest BCUT2D eigenvalue weighted by Gasteiger charge is 2.50. The number of rotatable bonds is 18. The number of nitrogens with one attached hydrogen (secondary N) is 6. The SMILES string of the molecule is CCCCCOc1ccc(-c2ccc(-c3ccc(C(=O)N[C@H]4C[C@@H](O)[C@@H](OCCC)NC(=O)[C@@H]5[C@@H](O)[C@@H](C)CN5C(=O)[C@H]([C@@H](C)O)NC(=O)[C@H]([C@H](O)[C@@H](O)c5ccc(O)c(NC)c5)NC(=O)[C@@H]5C[C@@H](O)CN5C(=O)[C@H]([C@@H](C)O)NC4=O)cc3)cc2)cc1. The second-order valence-corrected chi connectivity index (χ2v) is 22.6. The Bertz CT molecular complexity index is 3020. The van der Waals surface area contributed by atoms with Gasteiger partial charge in [-0.2, -0.15) is 0 Å². The molecule has 25 heteroatoms. The first-order valence-electron chi connectivity index (χ1n) is 29.4. The van der Waals surface area contributed by atoms with Crippen LogP contribution in [0.5, 0.6) is 11.5 Å². The standard InChI is InChI=1S/C62H82N8O17/c1-7-9-10-26-86-42-22-19-38(20-23-42)36-13-11-35(12-14-36)37-15-17-39(18-16-37)55(79)64-44-29-47(75)60(87-25-8-2)68-59(83)51-52(76)32(3)30-70(51)62(85)49(34(5)72)66-58(82)50(54(78)53(77)40-21-24-46(74)43(27-40)63-6)67-57(81)45-28-41(73)31-69(45)61(84)48(33(4)71)65-56(44)80/h11-24,27,32-34,41,44-45,47-54,60,63,71-78H,7-10,25-26,28-31H2,1-6H3,(H,64,79)(H,65,80)(H,66,82)(H,67,81)(H,68,83)/t32-,33+,34+,41+,44-,45-,47+,48-,49-,50-,51-,52-,53-,54-,60+/m0/s1. The van der Waals surface area contributed by atoms with Crippen LogP contribution in [0.2, 0.25) is 0 Å². The van der Waals surface area contributed by atoms with Gasteiger partial charge in [-0.3, -0.25) is 33.6 Å². The Morgan fingerprint density at radius 2 is 1.22 bits per heavy atom. The number of anilines is 1. The van der Waals surface area contributed by atoms with Crippen LogP contribution in [-0.2, 0) is 33.5 Å². The molecule has 7 amide bonds. The maximum absolute atomic E-state index is 14.7. The largest absolute Gasteiger partial charge is 0.506 e. The highest BCUT2D eigenvalue weighted by molar-refractivity contribution is 6.00. The lowest BCUT2D eigenvalue weighted by atomic mass is 9.96. The molecule has 0 saturated carbocycles. The zero-order valence-corrected chi connectivity index (χ0v) is 49.5. The molecule has 4 aromatic carbocycles. The van der Waals surface area contributed by atoms with Gasteiger partial charge in [-0.25, -0.2) is 0 Å². The number of carbonyl (C=O) groups excluding carboxylic acids is 7. The van der Waals surface area contributed by atoms with Crippen LogP contribution in [0.15, 0.2) is 91.0 Å². The van der Waals surface area contributed by atoms with Gasteiger partial charge in [-0.15, -0.1) is 0 Å².